The number of anilines is 1. The molecule has 0 aliphatic carbocycles. The summed E-state index contributed by atoms with van der Waals surface area (Å²) in [6.07, 6.45) is 0. The van der Waals surface area contributed by atoms with E-state index in [9.17, 15) is 4.79 Å². The molecular weight excluding hydrogens is 430 g/mol. The van der Waals surface area contributed by atoms with Gasteiger partial charge < -0.3 is 19.5 Å². The molecule has 3 aromatic carbocycles. The largest absolute Gasteiger partial charge is 0.497 e. The number of carbonyl (C=O) groups excluding carboxylic acids is 1. The Bertz CT molecular complexity index is 1120. The minimum atomic E-state index is -0.117. The highest BCUT2D eigenvalue weighted by Gasteiger charge is 2.19. The average Bonchev–Trinajstić information content (AvgIpc) is 3.34. The number of fused-ring (bicyclic) bond motifs is 1. The van der Waals surface area contributed by atoms with Crippen molar-refractivity contribution in [3.8, 4) is 17.2 Å². The van der Waals surface area contributed by atoms with Gasteiger partial charge in [0.1, 0.15) is 5.75 Å². The zero-order chi connectivity index (χ0) is 23.3. The minimum Gasteiger partial charge on any atom is -0.497 e. The molecule has 0 spiro atoms. The van der Waals surface area contributed by atoms with Crippen LogP contribution in [0.25, 0.3) is 0 Å². The number of benzene rings is 3. The summed E-state index contributed by atoms with van der Waals surface area (Å²) in [5.74, 6) is 2.32. The molecule has 5 rings (SSSR count). The van der Waals surface area contributed by atoms with Crippen LogP contribution in [0, 0.1) is 0 Å². The Hall–Kier alpha value is -3.55. The first kappa shape index (κ1) is 22.3. The van der Waals surface area contributed by atoms with E-state index in [2.05, 4.69) is 27.2 Å². The highest BCUT2D eigenvalue weighted by atomic mass is 16.7. The molecule has 0 aromatic heterocycles. The molecule has 176 valence electrons. The van der Waals surface area contributed by atoms with E-state index < -0.39 is 0 Å². The average molecular weight is 460 g/mol. The van der Waals surface area contributed by atoms with E-state index in [0.29, 0.717) is 12.4 Å². The highest BCUT2D eigenvalue weighted by molar-refractivity contribution is 6.04. The lowest BCUT2D eigenvalue weighted by molar-refractivity contribution is 0.102. The van der Waals surface area contributed by atoms with E-state index in [4.69, 9.17) is 14.2 Å². The summed E-state index contributed by atoms with van der Waals surface area (Å²) < 4.78 is 16.0. The Morgan fingerprint density at radius 2 is 1.44 bits per heavy atom. The first-order valence-corrected chi connectivity index (χ1v) is 11.5. The summed E-state index contributed by atoms with van der Waals surface area (Å²) in [7, 11) is 1.62. The predicted octanol–water partition coefficient (Wildman–Crippen LogP) is 3.99. The van der Waals surface area contributed by atoms with Crippen LogP contribution in [0.15, 0.2) is 66.7 Å². The van der Waals surface area contributed by atoms with E-state index in [0.717, 1.165) is 62.2 Å². The van der Waals surface area contributed by atoms with Gasteiger partial charge in [0.25, 0.3) is 5.91 Å². The molecule has 1 saturated heterocycles. The Kier molecular flexibility index (Phi) is 6.65. The Morgan fingerprint density at radius 1 is 0.824 bits per heavy atom. The summed E-state index contributed by atoms with van der Waals surface area (Å²) in [6.45, 7) is 6.20. The summed E-state index contributed by atoms with van der Waals surface area (Å²) in [5.41, 5.74) is 3.85. The maximum Gasteiger partial charge on any atom is 0.255 e. The van der Waals surface area contributed by atoms with E-state index in [-0.39, 0.29) is 5.91 Å². The van der Waals surface area contributed by atoms with Gasteiger partial charge >= 0.3 is 0 Å². The molecule has 0 unspecified atom stereocenters. The lowest BCUT2D eigenvalue weighted by Crippen LogP contribution is -2.45. The van der Waals surface area contributed by atoms with Gasteiger partial charge in [0.2, 0.25) is 6.79 Å². The molecule has 2 heterocycles. The highest BCUT2D eigenvalue weighted by Crippen LogP contribution is 2.32. The van der Waals surface area contributed by atoms with Gasteiger partial charge in [-0.2, -0.15) is 0 Å². The molecule has 34 heavy (non-hydrogen) atoms. The standard InChI is InChI=1S/C27H29N3O4/c1-32-24-9-7-23(8-10-24)28-27(31)22-5-2-20(3-6-22)17-29-12-14-30(15-13-29)18-21-4-11-25-26(16-21)34-19-33-25/h2-11,16H,12-15,17-19H2,1H3,(H,28,31). The zero-order valence-electron chi connectivity index (χ0n) is 19.3. The number of amides is 1. The molecule has 1 fully saturated rings. The molecule has 1 N–H and O–H groups in total. The molecule has 0 radical (unpaired) electrons. The third-order valence-corrected chi connectivity index (χ3v) is 6.28. The van der Waals surface area contributed by atoms with Crippen LogP contribution >= 0.6 is 0 Å². The number of nitrogens with zero attached hydrogens (tertiary/aromatic N) is 2. The lowest BCUT2D eigenvalue weighted by Gasteiger charge is -2.34. The molecule has 2 aliphatic heterocycles. The molecular formula is C27H29N3O4. The van der Waals surface area contributed by atoms with Crippen molar-refractivity contribution < 1.29 is 19.0 Å². The van der Waals surface area contributed by atoms with Gasteiger partial charge in [0, 0.05) is 50.5 Å². The fourth-order valence-corrected chi connectivity index (χ4v) is 4.30. The van der Waals surface area contributed by atoms with Gasteiger partial charge in [-0.3, -0.25) is 14.6 Å². The first-order valence-electron chi connectivity index (χ1n) is 11.5. The van der Waals surface area contributed by atoms with Gasteiger partial charge in [0.15, 0.2) is 11.5 Å². The SMILES string of the molecule is COc1ccc(NC(=O)c2ccc(CN3CCN(Cc4ccc5c(c4)OCO5)CC3)cc2)cc1. The third-order valence-electron chi connectivity index (χ3n) is 6.28. The molecule has 0 bridgehead atoms. The third kappa shape index (κ3) is 5.32. The second-order valence-electron chi connectivity index (χ2n) is 8.62. The summed E-state index contributed by atoms with van der Waals surface area (Å²) in [4.78, 5) is 17.5. The zero-order valence-corrected chi connectivity index (χ0v) is 19.3. The minimum absolute atomic E-state index is 0.117. The van der Waals surface area contributed by atoms with Crippen molar-refractivity contribution in [1.82, 2.24) is 9.80 Å². The van der Waals surface area contributed by atoms with Crippen molar-refractivity contribution in [2.45, 2.75) is 13.1 Å². The number of carbonyl (C=O) groups is 1. The number of rotatable bonds is 7. The monoisotopic (exact) mass is 459 g/mol. The number of hydrogen-bond acceptors (Lipinski definition) is 6. The summed E-state index contributed by atoms with van der Waals surface area (Å²) in [6, 6.07) is 21.4. The van der Waals surface area contributed by atoms with Crippen LogP contribution in [0.3, 0.4) is 0 Å². The number of ether oxygens (including phenoxy) is 3. The molecule has 7 heteroatoms. The van der Waals surface area contributed by atoms with Crippen molar-refractivity contribution >= 4 is 11.6 Å². The molecule has 2 aliphatic rings. The van der Waals surface area contributed by atoms with Crippen molar-refractivity contribution in [2.24, 2.45) is 0 Å². The van der Waals surface area contributed by atoms with Crippen LogP contribution in [0.1, 0.15) is 21.5 Å². The Labute approximate surface area is 199 Å². The van der Waals surface area contributed by atoms with Gasteiger partial charge in [-0.05, 0) is 59.7 Å². The fourth-order valence-electron chi connectivity index (χ4n) is 4.30. The normalized spacial score (nSPS) is 15.8. The van der Waals surface area contributed by atoms with Crippen LogP contribution in [0.4, 0.5) is 5.69 Å². The number of hydrogen-bond donors (Lipinski definition) is 1. The van der Waals surface area contributed by atoms with Crippen molar-refractivity contribution in [2.75, 3.05) is 45.4 Å². The molecule has 1 amide bonds. The van der Waals surface area contributed by atoms with E-state index in [1.807, 2.05) is 54.6 Å². The smallest absolute Gasteiger partial charge is 0.255 e. The summed E-state index contributed by atoms with van der Waals surface area (Å²) >= 11 is 0. The second kappa shape index (κ2) is 10.2. The topological polar surface area (TPSA) is 63.3 Å². The van der Waals surface area contributed by atoms with Crippen LogP contribution in [0.5, 0.6) is 17.2 Å². The van der Waals surface area contributed by atoms with Crippen molar-refractivity contribution in [3.05, 3.63) is 83.4 Å². The molecule has 3 aromatic rings. The van der Waals surface area contributed by atoms with E-state index >= 15 is 0 Å². The molecule has 7 nitrogen and oxygen atoms in total. The first-order chi connectivity index (χ1) is 16.7. The van der Waals surface area contributed by atoms with Gasteiger partial charge in [-0.15, -0.1) is 0 Å². The van der Waals surface area contributed by atoms with E-state index in [1.165, 1.54) is 11.1 Å². The van der Waals surface area contributed by atoms with Gasteiger partial charge in [0.05, 0.1) is 7.11 Å². The molecule has 0 saturated carbocycles. The van der Waals surface area contributed by atoms with Gasteiger partial charge in [-0.25, -0.2) is 0 Å². The van der Waals surface area contributed by atoms with Crippen LogP contribution in [0.2, 0.25) is 0 Å². The lowest BCUT2D eigenvalue weighted by atomic mass is 10.1. The number of methoxy groups -OCH3 is 1. The van der Waals surface area contributed by atoms with Crippen LogP contribution < -0.4 is 19.5 Å². The van der Waals surface area contributed by atoms with Crippen LogP contribution in [-0.2, 0) is 13.1 Å². The predicted molar refractivity (Wildman–Crippen MR) is 131 cm³/mol. The Morgan fingerprint density at radius 3 is 2.12 bits per heavy atom. The quantitative estimate of drug-likeness (QED) is 0.576. The maximum absolute atomic E-state index is 12.5. The fraction of sp³-hybridized carbons (Fsp3) is 0.296. The van der Waals surface area contributed by atoms with Crippen LogP contribution in [-0.4, -0.2) is 55.8 Å². The second-order valence-corrected chi connectivity index (χ2v) is 8.62. The maximum atomic E-state index is 12.5. The molecule has 0 atom stereocenters. The number of nitrogens with one attached hydrogen (secondary N) is 1. The number of piperazine rings is 1. The Balaban J connectivity index is 1.09. The summed E-state index contributed by atoms with van der Waals surface area (Å²) in [5, 5.41) is 2.92. The van der Waals surface area contributed by atoms with Crippen molar-refractivity contribution in [1.29, 1.82) is 0 Å². The van der Waals surface area contributed by atoms with Gasteiger partial charge in [-0.1, -0.05) is 18.2 Å². The van der Waals surface area contributed by atoms with E-state index in [1.54, 1.807) is 7.11 Å². The van der Waals surface area contributed by atoms with Crippen molar-refractivity contribution in [3.63, 3.8) is 0 Å².